The zero-order valence-corrected chi connectivity index (χ0v) is 17.6. The minimum atomic E-state index is -0.537. The highest BCUT2D eigenvalue weighted by atomic mass is 16.6. The van der Waals surface area contributed by atoms with E-state index in [1.807, 2.05) is 77.9 Å². The maximum absolute atomic E-state index is 12.7. The fraction of sp³-hybridized carbons (Fsp3) is 0.417. The van der Waals surface area contributed by atoms with E-state index in [0.29, 0.717) is 11.1 Å². The smallest absolute Gasteiger partial charge is 0.338 e. The zero-order chi connectivity index (χ0) is 20.9. The van der Waals surface area contributed by atoms with Gasteiger partial charge >= 0.3 is 11.9 Å². The van der Waals surface area contributed by atoms with Crippen molar-refractivity contribution in [2.75, 3.05) is 6.61 Å². The average Bonchev–Trinajstić information content (AvgIpc) is 2.64. The van der Waals surface area contributed by atoms with Gasteiger partial charge in [0.2, 0.25) is 0 Å². The van der Waals surface area contributed by atoms with Gasteiger partial charge in [-0.3, -0.25) is 0 Å². The van der Waals surface area contributed by atoms with Crippen molar-refractivity contribution in [3.05, 3.63) is 70.8 Å². The largest absolute Gasteiger partial charge is 0.461 e. The van der Waals surface area contributed by atoms with E-state index in [1.54, 1.807) is 12.1 Å². The molecule has 0 N–H and O–H groups in total. The van der Waals surface area contributed by atoms with Gasteiger partial charge in [-0.15, -0.1) is 0 Å². The molecule has 2 aromatic rings. The minimum Gasteiger partial charge on any atom is -0.461 e. The summed E-state index contributed by atoms with van der Waals surface area (Å²) < 4.78 is 11.5. The van der Waals surface area contributed by atoms with E-state index in [4.69, 9.17) is 9.47 Å². The van der Waals surface area contributed by atoms with Crippen LogP contribution in [0.1, 0.15) is 59.5 Å². The molecule has 0 radical (unpaired) electrons. The molecule has 4 heteroatoms. The molecule has 0 saturated carbocycles. The topological polar surface area (TPSA) is 52.6 Å². The van der Waals surface area contributed by atoms with Gasteiger partial charge in [0.25, 0.3) is 0 Å². The van der Waals surface area contributed by atoms with Crippen molar-refractivity contribution in [3.8, 4) is 0 Å². The van der Waals surface area contributed by atoms with Gasteiger partial charge < -0.3 is 9.47 Å². The number of hydrogen-bond acceptors (Lipinski definition) is 4. The number of esters is 2. The molecule has 0 fully saturated rings. The van der Waals surface area contributed by atoms with Gasteiger partial charge in [0.15, 0.2) is 0 Å². The van der Waals surface area contributed by atoms with Crippen LogP contribution >= 0.6 is 0 Å². The Kier molecular flexibility index (Phi) is 7.00. The van der Waals surface area contributed by atoms with E-state index < -0.39 is 11.5 Å². The van der Waals surface area contributed by atoms with Crippen molar-refractivity contribution in [1.82, 2.24) is 0 Å². The summed E-state index contributed by atoms with van der Waals surface area (Å²) in [6.07, 6.45) is -0.399. The van der Waals surface area contributed by atoms with Crippen molar-refractivity contribution < 1.29 is 19.1 Å². The Balaban J connectivity index is 2.11. The molecular formula is C24H30O4. The molecule has 2 aromatic carbocycles. The number of carbonyl (C=O) groups is 2. The summed E-state index contributed by atoms with van der Waals surface area (Å²) >= 11 is 0. The molecule has 28 heavy (non-hydrogen) atoms. The highest BCUT2D eigenvalue weighted by Gasteiger charge is 2.37. The van der Waals surface area contributed by atoms with E-state index in [-0.39, 0.29) is 24.5 Å². The summed E-state index contributed by atoms with van der Waals surface area (Å²) in [6, 6.07) is 14.7. The van der Waals surface area contributed by atoms with Crippen molar-refractivity contribution in [2.24, 2.45) is 11.3 Å². The average molecular weight is 383 g/mol. The number of rotatable bonds is 7. The Morgan fingerprint density at radius 3 is 1.79 bits per heavy atom. The van der Waals surface area contributed by atoms with E-state index >= 15 is 0 Å². The molecule has 2 rings (SSSR count). The predicted molar refractivity (Wildman–Crippen MR) is 110 cm³/mol. The van der Waals surface area contributed by atoms with Crippen LogP contribution < -0.4 is 0 Å². The van der Waals surface area contributed by atoms with Gasteiger partial charge in [0.05, 0.1) is 11.1 Å². The third kappa shape index (κ3) is 5.22. The lowest BCUT2D eigenvalue weighted by Crippen LogP contribution is -2.41. The molecule has 0 aliphatic carbocycles. The van der Waals surface area contributed by atoms with E-state index in [9.17, 15) is 9.59 Å². The van der Waals surface area contributed by atoms with Crippen LogP contribution in [-0.4, -0.2) is 24.6 Å². The lowest BCUT2D eigenvalue weighted by atomic mass is 9.81. The Bertz CT molecular complexity index is 836. The summed E-state index contributed by atoms with van der Waals surface area (Å²) in [7, 11) is 0. The maximum atomic E-state index is 12.7. The van der Waals surface area contributed by atoms with Crippen LogP contribution in [0.4, 0.5) is 0 Å². The molecule has 0 amide bonds. The van der Waals surface area contributed by atoms with Crippen molar-refractivity contribution in [2.45, 2.75) is 47.6 Å². The summed E-state index contributed by atoms with van der Waals surface area (Å²) in [5.74, 6) is -0.644. The summed E-state index contributed by atoms with van der Waals surface area (Å²) in [5, 5.41) is 0. The van der Waals surface area contributed by atoms with Crippen LogP contribution in [0.3, 0.4) is 0 Å². The minimum absolute atomic E-state index is 0.0696. The molecule has 1 unspecified atom stereocenters. The molecule has 0 aromatic heterocycles. The van der Waals surface area contributed by atoms with Gasteiger partial charge in [-0.1, -0.05) is 64.1 Å². The summed E-state index contributed by atoms with van der Waals surface area (Å²) in [5.41, 5.74) is 2.32. The van der Waals surface area contributed by atoms with Crippen molar-refractivity contribution in [1.29, 1.82) is 0 Å². The summed E-state index contributed by atoms with van der Waals surface area (Å²) in [6.45, 7) is 11.8. The van der Waals surface area contributed by atoms with Crippen LogP contribution in [0.5, 0.6) is 0 Å². The Morgan fingerprint density at radius 1 is 0.857 bits per heavy atom. The Hall–Kier alpha value is -2.62. The zero-order valence-electron chi connectivity index (χ0n) is 17.6. The normalized spacial score (nSPS) is 12.5. The standard InChI is InChI=1S/C24H30O4/c1-16(2)21(28-23(26)20-14-10-8-12-18(20)4)24(5,6)15-27-22(25)19-13-9-7-11-17(19)3/h7-14,16,21H,15H2,1-6H3. The van der Waals surface area contributed by atoms with Gasteiger partial charge in [0, 0.05) is 5.41 Å². The molecule has 0 saturated heterocycles. The van der Waals surface area contributed by atoms with Crippen LogP contribution in [0.2, 0.25) is 0 Å². The Labute approximate surface area is 167 Å². The van der Waals surface area contributed by atoms with E-state index in [0.717, 1.165) is 11.1 Å². The second kappa shape index (κ2) is 9.05. The fourth-order valence-corrected chi connectivity index (χ4v) is 3.39. The third-order valence-electron chi connectivity index (χ3n) is 4.91. The number of hydrogen-bond donors (Lipinski definition) is 0. The first-order valence-electron chi connectivity index (χ1n) is 9.63. The first-order valence-corrected chi connectivity index (χ1v) is 9.63. The molecule has 150 valence electrons. The first kappa shape index (κ1) is 21.7. The lowest BCUT2D eigenvalue weighted by Gasteiger charge is -2.36. The van der Waals surface area contributed by atoms with Crippen molar-refractivity contribution in [3.63, 3.8) is 0 Å². The third-order valence-corrected chi connectivity index (χ3v) is 4.91. The number of carbonyl (C=O) groups excluding carboxylic acids is 2. The first-order chi connectivity index (χ1) is 13.1. The molecule has 0 bridgehead atoms. The van der Waals surface area contributed by atoms with Gasteiger partial charge in [-0.2, -0.15) is 0 Å². The van der Waals surface area contributed by atoms with Gasteiger partial charge in [0.1, 0.15) is 12.7 Å². The Morgan fingerprint density at radius 2 is 1.32 bits per heavy atom. The number of benzene rings is 2. The monoisotopic (exact) mass is 382 g/mol. The molecular weight excluding hydrogens is 352 g/mol. The maximum Gasteiger partial charge on any atom is 0.338 e. The van der Waals surface area contributed by atoms with Crippen LogP contribution in [0.25, 0.3) is 0 Å². The van der Waals surface area contributed by atoms with Crippen LogP contribution in [0, 0.1) is 25.2 Å². The van der Waals surface area contributed by atoms with E-state index in [2.05, 4.69) is 0 Å². The SMILES string of the molecule is Cc1ccccc1C(=O)OCC(C)(C)C(OC(=O)c1ccccc1C)C(C)C. The summed E-state index contributed by atoms with van der Waals surface area (Å²) in [4.78, 5) is 25.2. The lowest BCUT2D eigenvalue weighted by molar-refractivity contribution is -0.0525. The molecule has 4 nitrogen and oxygen atoms in total. The molecule has 0 aliphatic rings. The predicted octanol–water partition coefficient (Wildman–Crippen LogP) is 5.37. The fourth-order valence-electron chi connectivity index (χ4n) is 3.39. The second-order valence-electron chi connectivity index (χ2n) is 8.26. The highest BCUT2D eigenvalue weighted by Crippen LogP contribution is 2.31. The number of aryl methyl sites for hydroxylation is 2. The molecule has 0 spiro atoms. The quantitative estimate of drug-likeness (QED) is 0.604. The number of ether oxygens (including phenoxy) is 2. The molecule has 0 aliphatic heterocycles. The van der Waals surface area contributed by atoms with Crippen LogP contribution in [-0.2, 0) is 9.47 Å². The van der Waals surface area contributed by atoms with Gasteiger partial charge in [-0.05, 0) is 43.0 Å². The second-order valence-corrected chi connectivity index (χ2v) is 8.26. The van der Waals surface area contributed by atoms with Gasteiger partial charge in [-0.25, -0.2) is 9.59 Å². The van der Waals surface area contributed by atoms with Crippen molar-refractivity contribution >= 4 is 11.9 Å². The van der Waals surface area contributed by atoms with Crippen LogP contribution in [0.15, 0.2) is 48.5 Å². The molecule has 0 heterocycles. The molecule has 1 atom stereocenters. The highest BCUT2D eigenvalue weighted by molar-refractivity contribution is 5.91. The van der Waals surface area contributed by atoms with E-state index in [1.165, 1.54) is 0 Å².